The maximum Gasteiger partial charge on any atom is 0.407 e. The first-order valence-corrected chi connectivity index (χ1v) is 8.50. The third-order valence-electron chi connectivity index (χ3n) is 4.05. The van der Waals surface area contributed by atoms with Gasteiger partial charge in [-0.15, -0.1) is 0 Å². The Hall–Kier alpha value is -2.64. The quantitative estimate of drug-likeness (QED) is 0.905. The van der Waals surface area contributed by atoms with Crippen molar-refractivity contribution in [2.75, 3.05) is 25.1 Å². The van der Waals surface area contributed by atoms with E-state index in [1.54, 1.807) is 12.1 Å². The standard InChI is InChI=1S/C18H23FN4O3/c1-18(2,3)26-17(24)21-11-7-8-23(10-11)16-12(19)9-20-13-5-6-14(25-4)22-15(13)16/h5-6,9,11H,7-8,10H2,1-4H3,(H,21,24). The lowest BCUT2D eigenvalue weighted by Gasteiger charge is -2.23. The molecule has 0 aliphatic carbocycles. The van der Waals surface area contributed by atoms with Crippen LogP contribution in [0, 0.1) is 5.82 Å². The number of pyridine rings is 2. The third kappa shape index (κ3) is 3.95. The van der Waals surface area contributed by atoms with Gasteiger partial charge in [0, 0.05) is 19.2 Å². The van der Waals surface area contributed by atoms with Crippen molar-refractivity contribution in [2.45, 2.75) is 38.8 Å². The molecule has 1 atom stereocenters. The Kier molecular flexibility index (Phi) is 4.84. The van der Waals surface area contributed by atoms with Gasteiger partial charge < -0.3 is 19.7 Å². The van der Waals surface area contributed by atoms with E-state index in [1.165, 1.54) is 13.3 Å². The fourth-order valence-corrected chi connectivity index (χ4v) is 2.98. The molecule has 0 aromatic carbocycles. The van der Waals surface area contributed by atoms with Gasteiger partial charge in [-0.05, 0) is 33.3 Å². The lowest BCUT2D eigenvalue weighted by atomic mass is 10.2. The van der Waals surface area contributed by atoms with Crippen LogP contribution in [0.3, 0.4) is 0 Å². The first kappa shape index (κ1) is 18.2. The van der Waals surface area contributed by atoms with Crippen LogP contribution in [0.25, 0.3) is 11.0 Å². The van der Waals surface area contributed by atoms with Gasteiger partial charge in [-0.3, -0.25) is 4.98 Å². The van der Waals surface area contributed by atoms with Crippen LogP contribution in [0.2, 0.25) is 0 Å². The number of rotatable bonds is 3. The Balaban J connectivity index is 1.80. The number of hydrogen-bond donors (Lipinski definition) is 1. The number of aromatic nitrogens is 2. The summed E-state index contributed by atoms with van der Waals surface area (Å²) in [6.45, 7) is 6.49. The number of halogens is 1. The van der Waals surface area contributed by atoms with E-state index in [2.05, 4.69) is 15.3 Å². The molecule has 2 aromatic rings. The number of nitrogens with zero attached hydrogens (tertiary/aromatic N) is 3. The third-order valence-corrected chi connectivity index (χ3v) is 4.05. The van der Waals surface area contributed by atoms with Crippen LogP contribution >= 0.6 is 0 Å². The molecule has 0 saturated carbocycles. The van der Waals surface area contributed by atoms with Crippen LogP contribution in [-0.2, 0) is 4.74 Å². The van der Waals surface area contributed by atoms with Crippen molar-refractivity contribution in [1.82, 2.24) is 15.3 Å². The van der Waals surface area contributed by atoms with E-state index in [9.17, 15) is 9.18 Å². The van der Waals surface area contributed by atoms with Crippen molar-refractivity contribution in [2.24, 2.45) is 0 Å². The Morgan fingerprint density at radius 2 is 2.15 bits per heavy atom. The normalized spacial score (nSPS) is 17.4. The molecule has 1 unspecified atom stereocenters. The topological polar surface area (TPSA) is 76.6 Å². The molecular formula is C18H23FN4O3. The summed E-state index contributed by atoms with van der Waals surface area (Å²) in [5, 5.41) is 2.84. The average molecular weight is 362 g/mol. The van der Waals surface area contributed by atoms with E-state index in [1.807, 2.05) is 25.7 Å². The van der Waals surface area contributed by atoms with Crippen molar-refractivity contribution >= 4 is 22.8 Å². The van der Waals surface area contributed by atoms with E-state index in [0.717, 1.165) is 0 Å². The van der Waals surface area contributed by atoms with E-state index >= 15 is 0 Å². The number of nitrogens with one attached hydrogen (secondary N) is 1. The van der Waals surface area contributed by atoms with Crippen molar-refractivity contribution in [3.8, 4) is 5.88 Å². The molecule has 1 amide bonds. The molecule has 0 radical (unpaired) electrons. The molecule has 1 aliphatic heterocycles. The number of amides is 1. The molecule has 0 spiro atoms. The Morgan fingerprint density at radius 1 is 1.38 bits per heavy atom. The molecule has 26 heavy (non-hydrogen) atoms. The molecule has 1 N–H and O–H groups in total. The Morgan fingerprint density at radius 3 is 2.85 bits per heavy atom. The molecule has 8 heteroatoms. The van der Waals surface area contributed by atoms with Crippen LogP contribution < -0.4 is 15.0 Å². The van der Waals surface area contributed by atoms with Gasteiger partial charge in [-0.1, -0.05) is 0 Å². The van der Waals surface area contributed by atoms with Crippen molar-refractivity contribution < 1.29 is 18.7 Å². The smallest absolute Gasteiger partial charge is 0.407 e. The lowest BCUT2D eigenvalue weighted by molar-refractivity contribution is 0.0509. The number of methoxy groups -OCH3 is 1. The molecule has 2 aromatic heterocycles. The molecule has 1 fully saturated rings. The molecule has 1 saturated heterocycles. The summed E-state index contributed by atoms with van der Waals surface area (Å²) in [5.41, 5.74) is 0.853. The van der Waals surface area contributed by atoms with Crippen molar-refractivity contribution in [3.05, 3.63) is 24.1 Å². The number of fused-ring (bicyclic) bond motifs is 1. The van der Waals surface area contributed by atoms with Gasteiger partial charge in [0.05, 0.1) is 24.9 Å². The predicted molar refractivity (Wildman–Crippen MR) is 96.0 cm³/mol. The minimum absolute atomic E-state index is 0.127. The summed E-state index contributed by atoms with van der Waals surface area (Å²) in [6.07, 6.45) is 1.41. The fourth-order valence-electron chi connectivity index (χ4n) is 2.98. The highest BCUT2D eigenvalue weighted by atomic mass is 19.1. The molecule has 140 valence electrons. The van der Waals surface area contributed by atoms with Crippen molar-refractivity contribution in [1.29, 1.82) is 0 Å². The first-order valence-electron chi connectivity index (χ1n) is 8.50. The van der Waals surface area contributed by atoms with E-state index in [4.69, 9.17) is 9.47 Å². The number of carbonyl (C=O) groups excluding carboxylic acids is 1. The second kappa shape index (κ2) is 6.93. The SMILES string of the molecule is COc1ccc2ncc(F)c(N3CCC(NC(=O)OC(C)(C)C)C3)c2n1. The molecule has 3 rings (SSSR count). The van der Waals surface area contributed by atoms with Crippen LogP contribution in [0.1, 0.15) is 27.2 Å². The van der Waals surface area contributed by atoms with Gasteiger partial charge in [0.25, 0.3) is 0 Å². The molecule has 7 nitrogen and oxygen atoms in total. The zero-order valence-corrected chi connectivity index (χ0v) is 15.4. The summed E-state index contributed by atoms with van der Waals surface area (Å²) in [6, 6.07) is 3.31. The fraction of sp³-hybridized carbons (Fsp3) is 0.500. The lowest BCUT2D eigenvalue weighted by Crippen LogP contribution is -2.40. The van der Waals surface area contributed by atoms with E-state index in [-0.39, 0.29) is 6.04 Å². The minimum atomic E-state index is -0.559. The van der Waals surface area contributed by atoms with E-state index < -0.39 is 17.5 Å². The highest BCUT2D eigenvalue weighted by Crippen LogP contribution is 2.31. The second-order valence-corrected chi connectivity index (χ2v) is 7.25. The van der Waals surface area contributed by atoms with E-state index in [0.29, 0.717) is 42.1 Å². The zero-order chi connectivity index (χ0) is 18.9. The van der Waals surface area contributed by atoms with Crippen molar-refractivity contribution in [3.63, 3.8) is 0 Å². The Labute approximate surface area is 151 Å². The van der Waals surface area contributed by atoms with Crippen LogP contribution in [0.15, 0.2) is 18.3 Å². The minimum Gasteiger partial charge on any atom is -0.481 e. The van der Waals surface area contributed by atoms with Gasteiger partial charge in [0.2, 0.25) is 5.88 Å². The Bertz CT molecular complexity index is 822. The maximum absolute atomic E-state index is 14.5. The molecule has 0 bridgehead atoms. The molecule has 1 aliphatic rings. The molecule has 3 heterocycles. The van der Waals surface area contributed by atoms with Crippen LogP contribution in [0.4, 0.5) is 14.9 Å². The van der Waals surface area contributed by atoms with Gasteiger partial charge >= 0.3 is 6.09 Å². The summed E-state index contributed by atoms with van der Waals surface area (Å²) < 4.78 is 25.0. The zero-order valence-electron chi connectivity index (χ0n) is 15.4. The number of ether oxygens (including phenoxy) is 2. The number of carbonyl (C=O) groups is 1. The van der Waals surface area contributed by atoms with Crippen LogP contribution in [0.5, 0.6) is 5.88 Å². The molecular weight excluding hydrogens is 339 g/mol. The largest absolute Gasteiger partial charge is 0.481 e. The number of hydrogen-bond acceptors (Lipinski definition) is 6. The second-order valence-electron chi connectivity index (χ2n) is 7.25. The monoisotopic (exact) mass is 362 g/mol. The van der Waals surface area contributed by atoms with Crippen LogP contribution in [-0.4, -0.2) is 47.9 Å². The number of anilines is 1. The van der Waals surface area contributed by atoms with Gasteiger partial charge in [0.1, 0.15) is 16.8 Å². The highest BCUT2D eigenvalue weighted by Gasteiger charge is 2.29. The summed E-state index contributed by atoms with van der Waals surface area (Å²) in [5.74, 6) is -0.0510. The first-order chi connectivity index (χ1) is 12.3. The summed E-state index contributed by atoms with van der Waals surface area (Å²) >= 11 is 0. The summed E-state index contributed by atoms with van der Waals surface area (Å²) in [4.78, 5) is 22.3. The van der Waals surface area contributed by atoms with Gasteiger partial charge in [-0.25, -0.2) is 14.2 Å². The highest BCUT2D eigenvalue weighted by molar-refractivity contribution is 5.88. The number of alkyl carbamates (subject to hydrolysis) is 1. The van der Waals surface area contributed by atoms with Gasteiger partial charge in [0.15, 0.2) is 5.82 Å². The maximum atomic E-state index is 14.5. The average Bonchev–Trinajstić information content (AvgIpc) is 3.00. The van der Waals surface area contributed by atoms with Gasteiger partial charge in [-0.2, -0.15) is 0 Å². The predicted octanol–water partition coefficient (Wildman–Crippen LogP) is 2.88. The summed E-state index contributed by atoms with van der Waals surface area (Å²) in [7, 11) is 1.51.